The molecule has 0 bridgehead atoms. The minimum absolute atomic E-state index is 0.0327. The van der Waals surface area contributed by atoms with Crippen LogP contribution in [-0.2, 0) is 26.2 Å². The number of nitrogens with one attached hydrogen (secondary N) is 1. The second-order valence-corrected chi connectivity index (χ2v) is 11.1. The highest BCUT2D eigenvalue weighted by Gasteiger charge is 2.32. The van der Waals surface area contributed by atoms with E-state index >= 15 is 0 Å². The number of hydrogen-bond donors (Lipinski definition) is 1. The van der Waals surface area contributed by atoms with Gasteiger partial charge in [-0.15, -0.1) is 0 Å². The minimum Gasteiger partial charge on any atom is -0.497 e. The predicted molar refractivity (Wildman–Crippen MR) is 155 cm³/mol. The number of carbonyl (C=O) groups is 2. The van der Waals surface area contributed by atoms with Crippen LogP contribution in [0.2, 0.25) is 5.02 Å². The van der Waals surface area contributed by atoms with E-state index in [-0.39, 0.29) is 23.0 Å². The first-order chi connectivity index (χ1) is 19.1. The minimum atomic E-state index is -4.20. The number of ether oxygens (including phenoxy) is 2. The Hall–Kier alpha value is -3.76. The molecule has 0 aliphatic carbocycles. The van der Waals surface area contributed by atoms with E-state index in [4.69, 9.17) is 21.1 Å². The summed E-state index contributed by atoms with van der Waals surface area (Å²) in [6.45, 7) is 5.58. The fourth-order valence-corrected chi connectivity index (χ4v) is 5.55. The molecule has 0 aromatic heterocycles. The second-order valence-electron chi connectivity index (χ2n) is 8.84. The summed E-state index contributed by atoms with van der Waals surface area (Å²) >= 11 is 5.99. The normalized spacial score (nSPS) is 11.8. The quantitative estimate of drug-likeness (QED) is 0.316. The molecule has 0 saturated heterocycles. The van der Waals surface area contributed by atoms with E-state index in [1.807, 2.05) is 13.0 Å². The third kappa shape index (κ3) is 7.67. The maximum Gasteiger partial charge on any atom is 0.264 e. The van der Waals surface area contributed by atoms with Gasteiger partial charge < -0.3 is 19.7 Å². The number of methoxy groups -OCH3 is 1. The van der Waals surface area contributed by atoms with Crippen molar-refractivity contribution in [2.45, 2.75) is 38.3 Å². The number of likely N-dealkylation sites (N-methyl/N-ethyl adjacent to an activating group) is 1. The van der Waals surface area contributed by atoms with Crippen molar-refractivity contribution in [3.05, 3.63) is 83.4 Å². The lowest BCUT2D eigenvalue weighted by molar-refractivity contribution is -0.139. The van der Waals surface area contributed by atoms with Gasteiger partial charge in [-0.3, -0.25) is 13.9 Å². The summed E-state index contributed by atoms with van der Waals surface area (Å²) in [5.41, 5.74) is 0.982. The molecule has 0 fully saturated rings. The van der Waals surface area contributed by atoms with E-state index in [2.05, 4.69) is 5.32 Å². The first kappa shape index (κ1) is 30.8. The summed E-state index contributed by atoms with van der Waals surface area (Å²) < 4.78 is 39.5. The smallest absolute Gasteiger partial charge is 0.264 e. The Labute approximate surface area is 240 Å². The number of anilines is 1. The Kier molecular flexibility index (Phi) is 10.8. The van der Waals surface area contributed by atoms with E-state index in [1.54, 1.807) is 56.3 Å². The molecule has 0 saturated carbocycles. The lowest BCUT2D eigenvalue weighted by Crippen LogP contribution is -2.51. The fraction of sp³-hybridized carbons (Fsp3) is 0.310. The van der Waals surface area contributed by atoms with Crippen LogP contribution in [-0.4, -0.2) is 58.0 Å². The molecule has 1 atom stereocenters. The van der Waals surface area contributed by atoms with Gasteiger partial charge >= 0.3 is 0 Å². The van der Waals surface area contributed by atoms with Gasteiger partial charge in [-0.05, 0) is 87.0 Å². The molecule has 11 heteroatoms. The average Bonchev–Trinajstić information content (AvgIpc) is 2.95. The Balaban J connectivity index is 2.03. The van der Waals surface area contributed by atoms with Gasteiger partial charge in [0.05, 0.1) is 24.3 Å². The zero-order valence-corrected chi connectivity index (χ0v) is 24.5. The average molecular weight is 588 g/mol. The Morgan fingerprint density at radius 2 is 1.65 bits per heavy atom. The van der Waals surface area contributed by atoms with E-state index in [0.717, 1.165) is 9.87 Å². The molecule has 0 unspecified atom stereocenters. The first-order valence-corrected chi connectivity index (χ1v) is 14.6. The number of halogens is 1. The second kappa shape index (κ2) is 14.0. The van der Waals surface area contributed by atoms with E-state index in [9.17, 15) is 18.0 Å². The monoisotopic (exact) mass is 587 g/mol. The number of hydrogen-bond acceptors (Lipinski definition) is 6. The molecule has 3 rings (SSSR count). The standard InChI is InChI=1S/C29H34ClN3O6S/c1-5-31-29(35)21(3)32(19-22-8-7-9-26(18-22)38-4)28(34)20-33(24-12-14-25(15-13-24)39-6-2)40(36,37)27-16-10-23(30)11-17-27/h7-18,21H,5-6,19-20H2,1-4H3,(H,31,35)/t21-/m1/s1. The molecule has 1 N–H and O–H groups in total. The van der Waals surface area contributed by atoms with Crippen LogP contribution in [0.1, 0.15) is 26.3 Å². The predicted octanol–water partition coefficient (Wildman–Crippen LogP) is 4.50. The maximum absolute atomic E-state index is 13.9. The lowest BCUT2D eigenvalue weighted by atomic mass is 10.1. The molecular weight excluding hydrogens is 554 g/mol. The van der Waals surface area contributed by atoms with Gasteiger partial charge in [-0.1, -0.05) is 23.7 Å². The molecule has 0 spiro atoms. The van der Waals surface area contributed by atoms with Crippen LogP contribution in [0.3, 0.4) is 0 Å². The van der Waals surface area contributed by atoms with Crippen molar-refractivity contribution >= 4 is 39.1 Å². The highest BCUT2D eigenvalue weighted by molar-refractivity contribution is 7.92. The maximum atomic E-state index is 13.9. The third-order valence-corrected chi connectivity index (χ3v) is 8.16. The molecule has 2 amide bonds. The van der Waals surface area contributed by atoms with Gasteiger partial charge in [-0.2, -0.15) is 0 Å². The molecule has 214 valence electrons. The van der Waals surface area contributed by atoms with Crippen LogP contribution in [0.5, 0.6) is 11.5 Å². The van der Waals surface area contributed by atoms with Gasteiger partial charge in [0.2, 0.25) is 11.8 Å². The summed E-state index contributed by atoms with van der Waals surface area (Å²) in [5, 5.41) is 3.12. The summed E-state index contributed by atoms with van der Waals surface area (Å²) in [6, 6.07) is 18.4. The molecule has 0 heterocycles. The van der Waals surface area contributed by atoms with Crippen molar-refractivity contribution < 1.29 is 27.5 Å². The van der Waals surface area contributed by atoms with Gasteiger partial charge in [0.25, 0.3) is 10.0 Å². The zero-order chi connectivity index (χ0) is 29.3. The van der Waals surface area contributed by atoms with Gasteiger partial charge in [0.1, 0.15) is 24.1 Å². The van der Waals surface area contributed by atoms with Crippen molar-refractivity contribution in [2.24, 2.45) is 0 Å². The highest BCUT2D eigenvalue weighted by Crippen LogP contribution is 2.27. The summed E-state index contributed by atoms with van der Waals surface area (Å²) in [6.07, 6.45) is 0. The largest absolute Gasteiger partial charge is 0.497 e. The summed E-state index contributed by atoms with van der Waals surface area (Å²) in [7, 11) is -2.66. The molecule has 0 radical (unpaired) electrons. The van der Waals surface area contributed by atoms with Crippen molar-refractivity contribution in [1.29, 1.82) is 0 Å². The van der Waals surface area contributed by atoms with Gasteiger partial charge in [0.15, 0.2) is 0 Å². The molecule has 0 aliphatic rings. The van der Waals surface area contributed by atoms with E-state index in [0.29, 0.717) is 29.7 Å². The molecule has 0 aliphatic heterocycles. The Bertz CT molecular complexity index is 1400. The number of benzene rings is 3. The fourth-order valence-electron chi connectivity index (χ4n) is 4.01. The van der Waals surface area contributed by atoms with E-state index in [1.165, 1.54) is 36.3 Å². The lowest BCUT2D eigenvalue weighted by Gasteiger charge is -2.32. The molecule has 3 aromatic carbocycles. The Morgan fingerprint density at radius 3 is 2.25 bits per heavy atom. The number of amides is 2. The van der Waals surface area contributed by atoms with Gasteiger partial charge in [-0.25, -0.2) is 8.42 Å². The van der Waals surface area contributed by atoms with Crippen molar-refractivity contribution in [1.82, 2.24) is 10.2 Å². The van der Waals surface area contributed by atoms with Crippen molar-refractivity contribution in [2.75, 3.05) is 31.1 Å². The number of sulfonamides is 1. The molecule has 9 nitrogen and oxygen atoms in total. The SMILES string of the molecule is CCNC(=O)[C@@H](C)N(Cc1cccc(OC)c1)C(=O)CN(c1ccc(OCC)cc1)S(=O)(=O)c1ccc(Cl)cc1. The Morgan fingerprint density at radius 1 is 0.975 bits per heavy atom. The van der Waals surface area contributed by atoms with Crippen LogP contribution < -0.4 is 19.1 Å². The summed E-state index contributed by atoms with van der Waals surface area (Å²) in [4.78, 5) is 28.0. The van der Waals surface area contributed by atoms with Crippen molar-refractivity contribution in [3.63, 3.8) is 0 Å². The number of carbonyl (C=O) groups excluding carboxylic acids is 2. The van der Waals surface area contributed by atoms with E-state index < -0.39 is 28.5 Å². The van der Waals surface area contributed by atoms with Crippen LogP contribution in [0.4, 0.5) is 5.69 Å². The van der Waals surface area contributed by atoms with Crippen LogP contribution >= 0.6 is 11.6 Å². The molecule has 3 aromatic rings. The summed E-state index contributed by atoms with van der Waals surface area (Å²) in [5.74, 6) is 0.239. The van der Waals surface area contributed by atoms with Crippen molar-refractivity contribution in [3.8, 4) is 11.5 Å². The first-order valence-electron chi connectivity index (χ1n) is 12.8. The molecule has 40 heavy (non-hydrogen) atoms. The number of rotatable bonds is 13. The van der Waals surface area contributed by atoms with Gasteiger partial charge in [0, 0.05) is 18.1 Å². The van der Waals surface area contributed by atoms with Crippen LogP contribution in [0, 0.1) is 0 Å². The van der Waals surface area contributed by atoms with Crippen LogP contribution in [0.15, 0.2) is 77.7 Å². The highest BCUT2D eigenvalue weighted by atomic mass is 35.5. The number of nitrogens with zero attached hydrogens (tertiary/aromatic N) is 2. The third-order valence-electron chi connectivity index (χ3n) is 6.12. The molecular formula is C29H34ClN3O6S. The van der Waals surface area contributed by atoms with Crippen LogP contribution in [0.25, 0.3) is 0 Å². The zero-order valence-electron chi connectivity index (χ0n) is 23.0. The topological polar surface area (TPSA) is 105 Å².